The largest absolute Gasteiger partial charge is 0.385 e. The van der Waals surface area contributed by atoms with Gasteiger partial charge in [0.2, 0.25) is 0 Å². The second-order valence-corrected chi connectivity index (χ2v) is 4.89. The van der Waals surface area contributed by atoms with Gasteiger partial charge < -0.3 is 15.8 Å². The number of thiophene rings is 1. The van der Waals surface area contributed by atoms with Crippen molar-refractivity contribution in [2.75, 3.05) is 26.8 Å². The first kappa shape index (κ1) is 15.7. The van der Waals surface area contributed by atoms with Crippen LogP contribution in [0.2, 0.25) is 0 Å². The van der Waals surface area contributed by atoms with Crippen LogP contribution < -0.4 is 11.1 Å². The number of nitrogens with two attached hydrogens (primary N) is 1. The van der Waals surface area contributed by atoms with E-state index in [1.165, 1.54) is 11.3 Å². The average Bonchev–Trinajstić information content (AvgIpc) is 2.88. The van der Waals surface area contributed by atoms with E-state index in [0.29, 0.717) is 18.0 Å². The van der Waals surface area contributed by atoms with E-state index < -0.39 is 0 Å². The van der Waals surface area contributed by atoms with Crippen molar-refractivity contribution in [3.05, 3.63) is 21.9 Å². The quantitative estimate of drug-likeness (QED) is 0.589. The summed E-state index contributed by atoms with van der Waals surface area (Å²) in [6.45, 7) is 1.76. The molecule has 0 aromatic carbocycles. The Hall–Kier alpha value is -1.35. The SMILES string of the molecule is COCCCCCNC(=O)c1sccc1C#CCN. The molecule has 1 amide bonds. The minimum absolute atomic E-state index is 0.0527. The fourth-order valence-corrected chi connectivity index (χ4v) is 2.33. The molecular formula is C14H20N2O2S. The summed E-state index contributed by atoms with van der Waals surface area (Å²) in [5.41, 5.74) is 6.09. The molecule has 5 heteroatoms. The lowest BCUT2D eigenvalue weighted by Gasteiger charge is -2.04. The topological polar surface area (TPSA) is 64.3 Å². The van der Waals surface area contributed by atoms with Gasteiger partial charge in [0, 0.05) is 25.8 Å². The molecule has 0 atom stereocenters. The van der Waals surface area contributed by atoms with Crippen molar-refractivity contribution in [3.63, 3.8) is 0 Å². The predicted octanol–water partition coefficient (Wildman–Crippen LogP) is 1.60. The number of unbranched alkanes of at least 4 members (excludes halogenated alkanes) is 2. The summed E-state index contributed by atoms with van der Waals surface area (Å²) in [5.74, 6) is 5.62. The number of ether oxygens (including phenoxy) is 1. The van der Waals surface area contributed by atoms with Crippen molar-refractivity contribution in [2.45, 2.75) is 19.3 Å². The van der Waals surface area contributed by atoms with Crippen molar-refractivity contribution in [2.24, 2.45) is 5.73 Å². The number of amides is 1. The zero-order valence-electron chi connectivity index (χ0n) is 11.2. The highest BCUT2D eigenvalue weighted by atomic mass is 32.1. The first-order valence-corrected chi connectivity index (χ1v) is 7.21. The van der Waals surface area contributed by atoms with Crippen LogP contribution >= 0.6 is 11.3 Å². The van der Waals surface area contributed by atoms with Gasteiger partial charge in [-0.1, -0.05) is 11.8 Å². The summed E-state index contributed by atoms with van der Waals surface area (Å²) in [4.78, 5) is 12.6. The van der Waals surface area contributed by atoms with E-state index in [1.807, 2.05) is 11.4 Å². The van der Waals surface area contributed by atoms with E-state index in [2.05, 4.69) is 17.2 Å². The van der Waals surface area contributed by atoms with Crippen molar-refractivity contribution in [1.29, 1.82) is 0 Å². The fraction of sp³-hybridized carbons (Fsp3) is 0.500. The van der Waals surface area contributed by atoms with Crippen LogP contribution in [0.3, 0.4) is 0 Å². The first-order chi connectivity index (χ1) is 9.29. The standard InChI is InChI=1S/C14H20N2O2S/c1-18-10-4-2-3-9-16-14(17)13-12(6-5-8-15)7-11-19-13/h7,11H,2-4,8-10,15H2,1H3,(H,16,17). The first-order valence-electron chi connectivity index (χ1n) is 6.33. The Kier molecular flexibility index (Phi) is 7.91. The van der Waals surface area contributed by atoms with Gasteiger partial charge in [0.1, 0.15) is 4.88 Å². The lowest BCUT2D eigenvalue weighted by molar-refractivity contribution is 0.0956. The molecular weight excluding hydrogens is 260 g/mol. The summed E-state index contributed by atoms with van der Waals surface area (Å²) in [6, 6.07) is 1.85. The second-order valence-electron chi connectivity index (χ2n) is 3.98. The maximum absolute atomic E-state index is 12.0. The molecule has 0 spiro atoms. The second kappa shape index (κ2) is 9.56. The lowest BCUT2D eigenvalue weighted by atomic mass is 10.2. The molecule has 1 heterocycles. The Morgan fingerprint density at radius 3 is 3.05 bits per heavy atom. The third kappa shape index (κ3) is 5.88. The molecule has 0 fully saturated rings. The third-order valence-electron chi connectivity index (χ3n) is 2.51. The zero-order valence-corrected chi connectivity index (χ0v) is 12.0. The van der Waals surface area contributed by atoms with Gasteiger partial charge in [0.15, 0.2) is 0 Å². The maximum atomic E-state index is 12.0. The molecule has 0 aliphatic carbocycles. The lowest BCUT2D eigenvalue weighted by Crippen LogP contribution is -2.24. The molecule has 1 aromatic heterocycles. The number of rotatable bonds is 7. The molecule has 1 aromatic rings. The van der Waals surface area contributed by atoms with Crippen LogP contribution in [-0.2, 0) is 4.74 Å². The molecule has 0 aliphatic heterocycles. The molecule has 0 unspecified atom stereocenters. The number of nitrogens with one attached hydrogen (secondary N) is 1. The van der Waals surface area contributed by atoms with E-state index in [1.54, 1.807) is 7.11 Å². The molecule has 0 aliphatic rings. The number of hydrogen-bond donors (Lipinski definition) is 2. The average molecular weight is 280 g/mol. The van der Waals surface area contributed by atoms with Crippen molar-refractivity contribution >= 4 is 17.2 Å². The highest BCUT2D eigenvalue weighted by Gasteiger charge is 2.10. The van der Waals surface area contributed by atoms with Gasteiger partial charge in [-0.15, -0.1) is 11.3 Å². The summed E-state index contributed by atoms with van der Waals surface area (Å²) in [7, 11) is 1.70. The van der Waals surface area contributed by atoms with Crippen LogP contribution in [-0.4, -0.2) is 32.7 Å². The molecule has 0 bridgehead atoms. The van der Waals surface area contributed by atoms with Gasteiger partial charge in [0.25, 0.3) is 5.91 Å². The van der Waals surface area contributed by atoms with Gasteiger partial charge in [-0.3, -0.25) is 4.79 Å². The van der Waals surface area contributed by atoms with E-state index in [9.17, 15) is 4.79 Å². The Morgan fingerprint density at radius 2 is 2.32 bits per heavy atom. The van der Waals surface area contributed by atoms with Gasteiger partial charge in [0.05, 0.1) is 6.54 Å². The highest BCUT2D eigenvalue weighted by molar-refractivity contribution is 7.12. The Bertz CT molecular complexity index is 446. The molecule has 19 heavy (non-hydrogen) atoms. The highest BCUT2D eigenvalue weighted by Crippen LogP contribution is 2.15. The number of carbonyl (C=O) groups is 1. The van der Waals surface area contributed by atoms with Crippen LogP contribution in [0.25, 0.3) is 0 Å². The van der Waals surface area contributed by atoms with Crippen LogP contribution in [0.4, 0.5) is 0 Å². The molecule has 1 rings (SSSR count). The predicted molar refractivity (Wildman–Crippen MR) is 78.3 cm³/mol. The minimum atomic E-state index is -0.0527. The van der Waals surface area contributed by atoms with Crippen molar-refractivity contribution in [3.8, 4) is 11.8 Å². The molecule has 0 saturated heterocycles. The molecule has 3 N–H and O–H groups in total. The summed E-state index contributed by atoms with van der Waals surface area (Å²) < 4.78 is 4.97. The van der Waals surface area contributed by atoms with Crippen molar-refractivity contribution in [1.82, 2.24) is 5.32 Å². The van der Waals surface area contributed by atoms with Gasteiger partial charge in [-0.2, -0.15) is 0 Å². The monoisotopic (exact) mass is 280 g/mol. The van der Waals surface area contributed by atoms with Gasteiger partial charge >= 0.3 is 0 Å². The van der Waals surface area contributed by atoms with Crippen LogP contribution in [0, 0.1) is 11.8 Å². The number of hydrogen-bond acceptors (Lipinski definition) is 4. The molecule has 4 nitrogen and oxygen atoms in total. The minimum Gasteiger partial charge on any atom is -0.385 e. The van der Waals surface area contributed by atoms with Gasteiger partial charge in [-0.05, 0) is 30.7 Å². The smallest absolute Gasteiger partial charge is 0.262 e. The van der Waals surface area contributed by atoms with E-state index >= 15 is 0 Å². The summed E-state index contributed by atoms with van der Waals surface area (Å²) >= 11 is 1.40. The van der Waals surface area contributed by atoms with E-state index in [-0.39, 0.29) is 5.91 Å². The van der Waals surface area contributed by atoms with Gasteiger partial charge in [-0.25, -0.2) is 0 Å². The maximum Gasteiger partial charge on any atom is 0.262 e. The Balaban J connectivity index is 2.35. The summed E-state index contributed by atoms with van der Waals surface area (Å²) in [6.07, 6.45) is 3.04. The number of methoxy groups -OCH3 is 1. The van der Waals surface area contributed by atoms with E-state index in [0.717, 1.165) is 31.4 Å². The van der Waals surface area contributed by atoms with Crippen LogP contribution in [0.5, 0.6) is 0 Å². The van der Waals surface area contributed by atoms with Crippen molar-refractivity contribution < 1.29 is 9.53 Å². The Labute approximate surface area is 118 Å². The molecule has 0 radical (unpaired) electrons. The normalized spacial score (nSPS) is 9.79. The summed E-state index contributed by atoms with van der Waals surface area (Å²) in [5, 5.41) is 4.78. The zero-order chi connectivity index (χ0) is 13.9. The molecule has 0 saturated carbocycles. The van der Waals surface area contributed by atoms with Crippen LogP contribution in [0.15, 0.2) is 11.4 Å². The molecule has 104 valence electrons. The van der Waals surface area contributed by atoms with Crippen LogP contribution in [0.1, 0.15) is 34.5 Å². The third-order valence-corrected chi connectivity index (χ3v) is 3.42. The number of carbonyl (C=O) groups excluding carboxylic acids is 1. The fourth-order valence-electron chi connectivity index (χ4n) is 1.56. The Morgan fingerprint density at radius 1 is 1.47 bits per heavy atom. The van der Waals surface area contributed by atoms with E-state index in [4.69, 9.17) is 10.5 Å².